The third-order valence-electron chi connectivity index (χ3n) is 4.12. The van der Waals surface area contributed by atoms with Gasteiger partial charge in [-0.15, -0.1) is 0 Å². The van der Waals surface area contributed by atoms with Gasteiger partial charge in [0.1, 0.15) is 5.60 Å². The van der Waals surface area contributed by atoms with Gasteiger partial charge in [-0.2, -0.15) is 0 Å². The number of benzene rings is 2. The summed E-state index contributed by atoms with van der Waals surface area (Å²) in [7, 11) is -0.971. The van der Waals surface area contributed by atoms with Crippen LogP contribution in [0.5, 0.6) is 0 Å². The van der Waals surface area contributed by atoms with Crippen molar-refractivity contribution in [3.05, 3.63) is 65.7 Å². The molecule has 7 heteroatoms. The van der Waals surface area contributed by atoms with E-state index in [0.717, 1.165) is 11.1 Å². The van der Waals surface area contributed by atoms with Gasteiger partial charge in [0.2, 0.25) is 10.0 Å². The number of nitrogens with one attached hydrogen (secondary N) is 1. The lowest BCUT2D eigenvalue weighted by molar-refractivity contribution is -0.211. The van der Waals surface area contributed by atoms with Crippen LogP contribution in [0.2, 0.25) is 0 Å². The van der Waals surface area contributed by atoms with Crippen LogP contribution in [0.4, 0.5) is 0 Å². The highest BCUT2D eigenvalue weighted by Crippen LogP contribution is 2.21. The zero-order valence-corrected chi connectivity index (χ0v) is 16.0. The summed E-state index contributed by atoms with van der Waals surface area (Å²) >= 11 is 0. The Morgan fingerprint density at radius 2 is 1.62 bits per heavy atom. The van der Waals surface area contributed by atoms with Gasteiger partial charge in [0.05, 0.1) is 4.90 Å². The Morgan fingerprint density at radius 3 is 2.15 bits per heavy atom. The van der Waals surface area contributed by atoms with Crippen LogP contribution < -0.4 is 4.72 Å². The molecule has 2 aromatic rings. The molecular weight excluding hydrogens is 354 g/mol. The highest BCUT2D eigenvalue weighted by atomic mass is 32.2. The van der Waals surface area contributed by atoms with Crippen molar-refractivity contribution in [3.8, 4) is 0 Å². The summed E-state index contributed by atoms with van der Waals surface area (Å²) in [4.78, 5) is 0.136. The molecule has 0 aliphatic heterocycles. The first-order valence-electron chi connectivity index (χ1n) is 8.19. The monoisotopic (exact) mass is 379 g/mol. The molecule has 6 nitrogen and oxygen atoms in total. The van der Waals surface area contributed by atoms with Crippen LogP contribution >= 0.6 is 0 Å². The fraction of sp³-hybridized carbons (Fsp3) is 0.368. The van der Waals surface area contributed by atoms with Crippen molar-refractivity contribution in [2.24, 2.45) is 0 Å². The molecule has 0 aliphatic rings. The third-order valence-corrected chi connectivity index (χ3v) is 5.54. The van der Waals surface area contributed by atoms with Crippen molar-refractivity contribution in [3.63, 3.8) is 0 Å². The summed E-state index contributed by atoms with van der Waals surface area (Å²) in [6.07, 6.45) is -0.834. The summed E-state index contributed by atoms with van der Waals surface area (Å²) in [6.45, 7) is 1.62. The quantitative estimate of drug-likeness (QED) is 0.650. The number of rotatable bonds is 9. The molecule has 0 amide bonds. The van der Waals surface area contributed by atoms with E-state index in [1.54, 1.807) is 12.1 Å². The van der Waals surface area contributed by atoms with Gasteiger partial charge in [0, 0.05) is 27.2 Å². The van der Waals surface area contributed by atoms with E-state index in [1.807, 2.05) is 37.3 Å². The van der Waals surface area contributed by atoms with E-state index in [9.17, 15) is 13.5 Å². The van der Waals surface area contributed by atoms with Crippen LogP contribution in [0.3, 0.4) is 0 Å². The molecule has 0 radical (unpaired) electrons. The minimum Gasteiger partial charge on any atom is -0.383 e. The summed E-state index contributed by atoms with van der Waals surface area (Å²) in [6, 6.07) is 15.8. The molecule has 2 N–H and O–H groups in total. The van der Waals surface area contributed by atoms with E-state index >= 15 is 0 Å². The molecule has 0 saturated carbocycles. The second-order valence-electron chi connectivity index (χ2n) is 6.21. The van der Waals surface area contributed by atoms with Crippen LogP contribution in [0, 0.1) is 6.92 Å². The molecule has 142 valence electrons. The van der Waals surface area contributed by atoms with E-state index in [4.69, 9.17) is 9.47 Å². The second-order valence-corrected chi connectivity index (χ2v) is 7.97. The first-order chi connectivity index (χ1) is 12.3. The van der Waals surface area contributed by atoms with Crippen LogP contribution in [-0.2, 0) is 25.9 Å². The van der Waals surface area contributed by atoms with E-state index in [1.165, 1.54) is 26.4 Å². The zero-order chi connectivity index (χ0) is 19.2. The Bertz CT molecular complexity index is 788. The molecule has 0 heterocycles. The molecule has 0 fully saturated rings. The molecule has 0 saturated heterocycles. The number of aliphatic hydroxyl groups is 1. The fourth-order valence-electron chi connectivity index (χ4n) is 2.73. The summed E-state index contributed by atoms with van der Waals surface area (Å²) in [5.41, 5.74) is 0.217. The number of aryl methyl sites for hydroxylation is 1. The van der Waals surface area contributed by atoms with Gasteiger partial charge in [-0.25, -0.2) is 13.1 Å². The normalized spacial score (nSPS) is 14.3. The fourth-order valence-corrected chi connectivity index (χ4v) is 3.84. The predicted octanol–water partition coefficient (Wildman–Crippen LogP) is 1.87. The van der Waals surface area contributed by atoms with E-state index in [0.29, 0.717) is 0 Å². The number of ether oxygens (including phenoxy) is 2. The van der Waals surface area contributed by atoms with Gasteiger partial charge in [0.25, 0.3) is 0 Å². The van der Waals surface area contributed by atoms with Gasteiger partial charge < -0.3 is 14.6 Å². The summed E-state index contributed by atoms with van der Waals surface area (Å²) in [5, 5.41) is 11.1. The maximum atomic E-state index is 12.5. The first-order valence-corrected chi connectivity index (χ1v) is 9.67. The van der Waals surface area contributed by atoms with E-state index < -0.39 is 21.9 Å². The van der Waals surface area contributed by atoms with Crippen molar-refractivity contribution in [1.29, 1.82) is 0 Å². The number of hydrogen-bond acceptors (Lipinski definition) is 5. The Balaban J connectivity index is 2.22. The topological polar surface area (TPSA) is 84.9 Å². The van der Waals surface area contributed by atoms with Crippen LogP contribution in [0.25, 0.3) is 0 Å². The highest BCUT2D eigenvalue weighted by Gasteiger charge is 2.39. The van der Waals surface area contributed by atoms with Crippen molar-refractivity contribution in [1.82, 2.24) is 4.72 Å². The van der Waals surface area contributed by atoms with Crippen molar-refractivity contribution in [2.75, 3.05) is 20.8 Å². The molecule has 0 bridgehead atoms. The standard InChI is InChI=1S/C19H25NO5S/c1-15-9-11-17(12-10-15)26(22,23)20-14-19(21,18(24-2)25-3)13-16-7-5-4-6-8-16/h4-12,18,20-21H,13-14H2,1-3H3/t19-/m1/s1. The minimum atomic E-state index is -3.77. The van der Waals surface area contributed by atoms with E-state index in [2.05, 4.69) is 4.72 Å². The molecule has 0 unspecified atom stereocenters. The lowest BCUT2D eigenvalue weighted by Gasteiger charge is -2.34. The van der Waals surface area contributed by atoms with Gasteiger partial charge in [-0.3, -0.25) is 0 Å². The molecular formula is C19H25NO5S. The molecule has 2 aromatic carbocycles. The number of hydrogen-bond donors (Lipinski definition) is 2. The largest absolute Gasteiger partial charge is 0.383 e. The maximum absolute atomic E-state index is 12.5. The predicted molar refractivity (Wildman–Crippen MR) is 99.3 cm³/mol. The Kier molecular flexibility index (Phi) is 6.91. The molecule has 0 spiro atoms. The summed E-state index contributed by atoms with van der Waals surface area (Å²) < 4.78 is 38.0. The molecule has 2 rings (SSSR count). The smallest absolute Gasteiger partial charge is 0.240 e. The Labute approximate surface area is 154 Å². The van der Waals surface area contributed by atoms with Crippen molar-refractivity contribution < 1.29 is 23.0 Å². The van der Waals surface area contributed by atoms with Crippen LogP contribution in [-0.4, -0.2) is 46.2 Å². The van der Waals surface area contributed by atoms with Gasteiger partial charge in [-0.1, -0.05) is 48.0 Å². The van der Waals surface area contributed by atoms with Crippen molar-refractivity contribution >= 4 is 10.0 Å². The zero-order valence-electron chi connectivity index (χ0n) is 15.2. The Morgan fingerprint density at radius 1 is 1.04 bits per heavy atom. The van der Waals surface area contributed by atoms with Gasteiger partial charge >= 0.3 is 0 Å². The van der Waals surface area contributed by atoms with Crippen LogP contribution in [0.1, 0.15) is 11.1 Å². The second kappa shape index (κ2) is 8.75. The first kappa shape index (κ1) is 20.5. The molecule has 26 heavy (non-hydrogen) atoms. The molecule has 0 aliphatic carbocycles. The lowest BCUT2D eigenvalue weighted by atomic mass is 9.94. The van der Waals surface area contributed by atoms with Crippen LogP contribution in [0.15, 0.2) is 59.5 Å². The number of methoxy groups -OCH3 is 2. The SMILES string of the molecule is COC(OC)[C@](O)(CNS(=O)(=O)c1ccc(C)cc1)Cc1ccccc1. The highest BCUT2D eigenvalue weighted by molar-refractivity contribution is 7.89. The third kappa shape index (κ3) is 5.12. The maximum Gasteiger partial charge on any atom is 0.240 e. The minimum absolute atomic E-state index is 0.136. The van der Waals surface area contributed by atoms with E-state index in [-0.39, 0.29) is 17.9 Å². The van der Waals surface area contributed by atoms with Crippen molar-refractivity contribution in [2.45, 2.75) is 30.1 Å². The molecule has 0 aromatic heterocycles. The molecule has 1 atom stereocenters. The number of sulfonamides is 1. The average Bonchev–Trinajstić information content (AvgIpc) is 2.62. The lowest BCUT2D eigenvalue weighted by Crippen LogP contribution is -2.54. The average molecular weight is 379 g/mol. The Hall–Kier alpha value is -1.77. The van der Waals surface area contributed by atoms with Gasteiger partial charge in [0.15, 0.2) is 6.29 Å². The summed E-state index contributed by atoms with van der Waals surface area (Å²) in [5.74, 6) is 0. The van der Waals surface area contributed by atoms with Gasteiger partial charge in [-0.05, 0) is 24.6 Å².